The van der Waals surface area contributed by atoms with Crippen molar-refractivity contribution in [1.82, 2.24) is 4.90 Å². The summed E-state index contributed by atoms with van der Waals surface area (Å²) in [5, 5.41) is 0. The third kappa shape index (κ3) is 3.06. The molecule has 0 aliphatic heterocycles. The lowest BCUT2D eigenvalue weighted by molar-refractivity contribution is 0.230. The zero-order chi connectivity index (χ0) is 13.1. The van der Waals surface area contributed by atoms with Crippen LogP contribution in [0.3, 0.4) is 0 Å². The first-order chi connectivity index (χ1) is 8.58. The third-order valence-corrected chi connectivity index (χ3v) is 3.79. The average molecular weight is 254 g/mol. The van der Waals surface area contributed by atoms with Crippen molar-refractivity contribution in [3.63, 3.8) is 0 Å². The van der Waals surface area contributed by atoms with Crippen LogP contribution in [0.15, 0.2) is 18.2 Å². The van der Waals surface area contributed by atoms with Gasteiger partial charge in [0.05, 0.1) is 0 Å². The summed E-state index contributed by atoms with van der Waals surface area (Å²) < 4.78 is 26.7. The van der Waals surface area contributed by atoms with Crippen LogP contribution in [0.25, 0.3) is 0 Å². The Morgan fingerprint density at radius 3 is 2.67 bits per heavy atom. The molecule has 2 nitrogen and oxygen atoms in total. The Morgan fingerprint density at radius 1 is 1.33 bits per heavy atom. The first kappa shape index (κ1) is 13.4. The van der Waals surface area contributed by atoms with Gasteiger partial charge in [-0.3, -0.25) is 0 Å². The molecule has 0 saturated heterocycles. The fraction of sp³-hybridized carbons (Fsp3) is 0.571. The lowest BCUT2D eigenvalue weighted by Gasteiger charge is -2.27. The highest BCUT2D eigenvalue weighted by molar-refractivity contribution is 5.22. The Balaban J connectivity index is 2.02. The highest BCUT2D eigenvalue weighted by atomic mass is 19.1. The Bertz CT molecular complexity index is 403. The maximum Gasteiger partial charge on any atom is 0.128 e. The van der Waals surface area contributed by atoms with Crippen molar-refractivity contribution in [2.24, 2.45) is 5.73 Å². The van der Waals surface area contributed by atoms with Crippen LogP contribution >= 0.6 is 0 Å². The van der Waals surface area contributed by atoms with Gasteiger partial charge < -0.3 is 10.6 Å². The molecule has 4 heteroatoms. The third-order valence-electron chi connectivity index (χ3n) is 3.79. The normalized spacial score (nSPS) is 18.5. The van der Waals surface area contributed by atoms with Crippen molar-refractivity contribution in [3.05, 3.63) is 35.4 Å². The maximum atomic E-state index is 13.6. The summed E-state index contributed by atoms with van der Waals surface area (Å²) in [6, 6.07) is 3.51. The smallest absolute Gasteiger partial charge is 0.128 e. The van der Waals surface area contributed by atoms with E-state index >= 15 is 0 Å². The first-order valence-electron chi connectivity index (χ1n) is 6.48. The van der Waals surface area contributed by atoms with Crippen LogP contribution in [0.2, 0.25) is 0 Å². The number of halogens is 2. The van der Waals surface area contributed by atoms with Crippen molar-refractivity contribution in [2.75, 3.05) is 13.6 Å². The van der Waals surface area contributed by atoms with Gasteiger partial charge in [-0.05, 0) is 38.1 Å². The minimum Gasteiger partial charge on any atom is -0.323 e. The zero-order valence-electron chi connectivity index (χ0n) is 10.7. The van der Waals surface area contributed by atoms with Gasteiger partial charge in [0.1, 0.15) is 11.6 Å². The molecule has 1 atom stereocenters. The molecule has 1 saturated carbocycles. The monoisotopic (exact) mass is 254 g/mol. The van der Waals surface area contributed by atoms with E-state index in [1.807, 2.05) is 7.05 Å². The van der Waals surface area contributed by atoms with Gasteiger partial charge in [-0.2, -0.15) is 0 Å². The van der Waals surface area contributed by atoms with Crippen molar-refractivity contribution < 1.29 is 8.78 Å². The van der Waals surface area contributed by atoms with Gasteiger partial charge in [-0.1, -0.05) is 12.8 Å². The van der Waals surface area contributed by atoms with Crippen LogP contribution < -0.4 is 5.73 Å². The van der Waals surface area contributed by atoms with Crippen molar-refractivity contribution in [2.45, 2.75) is 37.8 Å². The minimum absolute atomic E-state index is 0.264. The molecule has 1 unspecified atom stereocenters. The van der Waals surface area contributed by atoms with E-state index in [4.69, 9.17) is 5.73 Å². The largest absolute Gasteiger partial charge is 0.323 e. The molecule has 1 aliphatic rings. The fourth-order valence-corrected chi connectivity index (χ4v) is 2.70. The summed E-state index contributed by atoms with van der Waals surface area (Å²) in [5.74, 6) is -0.867. The SMILES string of the molecule is CN(CC(N)c1cc(F)ccc1F)C1CCCC1. The van der Waals surface area contributed by atoms with E-state index in [-0.39, 0.29) is 5.56 Å². The highest BCUT2D eigenvalue weighted by Gasteiger charge is 2.22. The molecule has 0 heterocycles. The lowest BCUT2D eigenvalue weighted by atomic mass is 10.1. The van der Waals surface area contributed by atoms with E-state index in [0.29, 0.717) is 12.6 Å². The molecule has 0 aromatic heterocycles. The zero-order valence-corrected chi connectivity index (χ0v) is 10.7. The van der Waals surface area contributed by atoms with Gasteiger partial charge >= 0.3 is 0 Å². The van der Waals surface area contributed by atoms with E-state index in [1.165, 1.54) is 31.7 Å². The second kappa shape index (κ2) is 5.76. The number of nitrogens with two attached hydrogens (primary N) is 1. The number of hydrogen-bond donors (Lipinski definition) is 1. The van der Waals surface area contributed by atoms with Gasteiger partial charge in [0.15, 0.2) is 0 Å². The lowest BCUT2D eigenvalue weighted by Crippen LogP contribution is -2.36. The van der Waals surface area contributed by atoms with Gasteiger partial charge in [0.25, 0.3) is 0 Å². The number of likely N-dealkylation sites (N-methyl/N-ethyl adjacent to an activating group) is 1. The molecule has 1 aromatic carbocycles. The molecule has 0 bridgehead atoms. The predicted molar refractivity (Wildman–Crippen MR) is 68.2 cm³/mol. The maximum absolute atomic E-state index is 13.6. The molecule has 100 valence electrons. The van der Waals surface area contributed by atoms with Crippen LogP contribution in [0.1, 0.15) is 37.3 Å². The van der Waals surface area contributed by atoms with Gasteiger partial charge in [-0.15, -0.1) is 0 Å². The highest BCUT2D eigenvalue weighted by Crippen LogP contribution is 2.24. The molecule has 1 aromatic rings. The van der Waals surface area contributed by atoms with Crippen molar-refractivity contribution >= 4 is 0 Å². The van der Waals surface area contributed by atoms with Gasteiger partial charge in [-0.25, -0.2) is 8.78 Å². The van der Waals surface area contributed by atoms with Crippen molar-refractivity contribution in [1.29, 1.82) is 0 Å². The second-order valence-corrected chi connectivity index (χ2v) is 5.15. The van der Waals surface area contributed by atoms with Crippen molar-refractivity contribution in [3.8, 4) is 0 Å². The number of benzene rings is 1. The van der Waals surface area contributed by atoms with E-state index < -0.39 is 17.7 Å². The molecule has 1 aliphatic carbocycles. The molecular weight excluding hydrogens is 234 g/mol. The summed E-state index contributed by atoms with van der Waals surface area (Å²) in [5.41, 5.74) is 6.25. The molecule has 2 rings (SSSR count). The molecule has 1 fully saturated rings. The Labute approximate surface area is 107 Å². The summed E-state index contributed by atoms with van der Waals surface area (Å²) in [6.07, 6.45) is 4.85. The first-order valence-corrected chi connectivity index (χ1v) is 6.48. The number of hydrogen-bond acceptors (Lipinski definition) is 2. The summed E-state index contributed by atoms with van der Waals surface area (Å²) in [6.45, 7) is 0.561. The van der Waals surface area contributed by atoms with E-state index in [9.17, 15) is 8.78 Å². The fourth-order valence-electron chi connectivity index (χ4n) is 2.70. The van der Waals surface area contributed by atoms with Gasteiger partial charge in [0.2, 0.25) is 0 Å². The summed E-state index contributed by atoms with van der Waals surface area (Å²) in [4.78, 5) is 2.17. The molecule has 0 amide bonds. The van der Waals surface area contributed by atoms with Crippen LogP contribution in [0.4, 0.5) is 8.78 Å². The molecule has 0 spiro atoms. The van der Waals surface area contributed by atoms with Crippen LogP contribution in [0.5, 0.6) is 0 Å². The predicted octanol–water partition coefficient (Wildman–Crippen LogP) is 2.84. The number of nitrogens with zero attached hydrogens (tertiary/aromatic N) is 1. The summed E-state index contributed by atoms with van der Waals surface area (Å²) >= 11 is 0. The van der Waals surface area contributed by atoms with Gasteiger partial charge in [0, 0.05) is 24.2 Å². The topological polar surface area (TPSA) is 29.3 Å². The number of rotatable bonds is 4. The Kier molecular flexibility index (Phi) is 4.30. The Hall–Kier alpha value is -1.00. The molecular formula is C14H20F2N2. The standard InChI is InChI=1S/C14H20F2N2/c1-18(11-4-2-3-5-11)9-14(17)12-8-10(15)6-7-13(12)16/h6-8,11,14H,2-5,9,17H2,1H3. The van der Waals surface area contributed by atoms with Crippen LogP contribution in [-0.2, 0) is 0 Å². The van der Waals surface area contributed by atoms with Crippen LogP contribution in [-0.4, -0.2) is 24.5 Å². The quantitative estimate of drug-likeness (QED) is 0.895. The summed E-state index contributed by atoms with van der Waals surface area (Å²) in [7, 11) is 2.01. The Morgan fingerprint density at radius 2 is 2.00 bits per heavy atom. The van der Waals surface area contributed by atoms with Crippen LogP contribution in [0, 0.1) is 11.6 Å². The molecule has 2 N–H and O–H groups in total. The van der Waals surface area contributed by atoms with E-state index in [1.54, 1.807) is 0 Å². The van der Waals surface area contributed by atoms with E-state index in [0.717, 1.165) is 12.1 Å². The van der Waals surface area contributed by atoms with E-state index in [2.05, 4.69) is 4.90 Å². The second-order valence-electron chi connectivity index (χ2n) is 5.15. The molecule has 18 heavy (non-hydrogen) atoms. The molecule has 0 radical (unpaired) electrons. The average Bonchev–Trinajstić information content (AvgIpc) is 2.85. The minimum atomic E-state index is -0.480.